The molecule has 1 amide bonds. The first-order valence-corrected chi connectivity index (χ1v) is 8.34. The number of Topliss-reactive ketones (excluding diaryl/α,β-unsaturated/α-hetero) is 1. The number of ketones is 1. The fraction of sp³-hybridized carbons (Fsp3) is 0.222. The van der Waals surface area contributed by atoms with E-state index >= 15 is 0 Å². The molecule has 2 aromatic rings. The topological polar surface area (TPSA) is 84.9 Å². The number of carbonyl (C=O) groups excluding carboxylic acids is 2. The second kappa shape index (κ2) is 6.79. The molecule has 1 aliphatic rings. The van der Waals surface area contributed by atoms with Crippen molar-refractivity contribution in [3.8, 4) is 11.5 Å². The standard InChI is InChI=1S/C18H15Cl2NO5/c1-25-14-4-3-9(5-15(14)26-2)13(22)8-18(24)16-11(20)6-10(19)7-12(16)21-17(18)23/h3-7,24H,8H2,1-2H3,(H,21,23)/t18-/m1/s1. The Labute approximate surface area is 159 Å². The number of carbonyl (C=O) groups is 2. The number of halogens is 2. The molecular weight excluding hydrogens is 381 g/mol. The summed E-state index contributed by atoms with van der Waals surface area (Å²) in [6.07, 6.45) is -0.483. The third-order valence-corrected chi connectivity index (χ3v) is 4.73. The number of amides is 1. The summed E-state index contributed by atoms with van der Waals surface area (Å²) in [7, 11) is 2.93. The Bertz CT molecular complexity index is 915. The molecule has 1 aliphatic heterocycles. The maximum atomic E-state index is 12.7. The van der Waals surface area contributed by atoms with Gasteiger partial charge in [0.25, 0.3) is 5.91 Å². The molecule has 2 aromatic carbocycles. The van der Waals surface area contributed by atoms with E-state index in [4.69, 9.17) is 32.7 Å². The van der Waals surface area contributed by atoms with Crippen molar-refractivity contribution in [3.63, 3.8) is 0 Å². The molecule has 0 bridgehead atoms. The van der Waals surface area contributed by atoms with E-state index in [1.54, 1.807) is 6.07 Å². The molecule has 1 atom stereocenters. The van der Waals surface area contributed by atoms with Crippen LogP contribution in [0.5, 0.6) is 11.5 Å². The minimum Gasteiger partial charge on any atom is -0.493 e. The number of hydrogen-bond donors (Lipinski definition) is 2. The Morgan fingerprint density at radius 1 is 1.15 bits per heavy atom. The highest BCUT2D eigenvalue weighted by Gasteiger charge is 2.48. The first kappa shape index (κ1) is 18.5. The van der Waals surface area contributed by atoms with Gasteiger partial charge in [-0.15, -0.1) is 0 Å². The van der Waals surface area contributed by atoms with Crippen LogP contribution < -0.4 is 14.8 Å². The molecule has 26 heavy (non-hydrogen) atoms. The Morgan fingerprint density at radius 2 is 1.85 bits per heavy atom. The molecule has 0 fully saturated rings. The number of aliphatic hydroxyl groups is 1. The number of hydrogen-bond acceptors (Lipinski definition) is 5. The van der Waals surface area contributed by atoms with Crippen LogP contribution in [0.25, 0.3) is 0 Å². The highest BCUT2D eigenvalue weighted by Crippen LogP contribution is 2.44. The van der Waals surface area contributed by atoms with Crippen LogP contribution in [0, 0.1) is 0 Å². The number of nitrogens with one attached hydrogen (secondary N) is 1. The van der Waals surface area contributed by atoms with Crippen molar-refractivity contribution in [2.24, 2.45) is 0 Å². The predicted octanol–water partition coefficient (Wildman–Crippen LogP) is 3.42. The van der Waals surface area contributed by atoms with E-state index in [1.165, 1.54) is 38.5 Å². The van der Waals surface area contributed by atoms with Gasteiger partial charge >= 0.3 is 0 Å². The van der Waals surface area contributed by atoms with Crippen LogP contribution in [0.15, 0.2) is 30.3 Å². The molecule has 6 nitrogen and oxygen atoms in total. The van der Waals surface area contributed by atoms with Crippen molar-refractivity contribution < 1.29 is 24.2 Å². The molecule has 1 heterocycles. The Balaban J connectivity index is 1.97. The van der Waals surface area contributed by atoms with Gasteiger partial charge in [-0.3, -0.25) is 9.59 Å². The smallest absolute Gasteiger partial charge is 0.261 e. The van der Waals surface area contributed by atoms with E-state index < -0.39 is 23.7 Å². The number of methoxy groups -OCH3 is 2. The van der Waals surface area contributed by atoms with E-state index in [1.807, 2.05) is 0 Å². The van der Waals surface area contributed by atoms with Crippen LogP contribution in [0.2, 0.25) is 10.0 Å². The number of anilines is 1. The lowest BCUT2D eigenvalue weighted by Crippen LogP contribution is -2.36. The summed E-state index contributed by atoms with van der Waals surface area (Å²) < 4.78 is 10.3. The van der Waals surface area contributed by atoms with E-state index in [2.05, 4.69) is 5.32 Å². The molecule has 0 radical (unpaired) electrons. The minimum absolute atomic E-state index is 0.105. The summed E-state index contributed by atoms with van der Waals surface area (Å²) in [4.78, 5) is 25.0. The van der Waals surface area contributed by atoms with Crippen LogP contribution >= 0.6 is 23.2 Å². The van der Waals surface area contributed by atoms with Crippen molar-refractivity contribution in [1.82, 2.24) is 0 Å². The molecule has 8 heteroatoms. The molecule has 0 saturated carbocycles. The largest absolute Gasteiger partial charge is 0.493 e. The molecule has 2 N–H and O–H groups in total. The minimum atomic E-state index is -2.08. The quantitative estimate of drug-likeness (QED) is 0.757. The van der Waals surface area contributed by atoms with E-state index in [0.717, 1.165) is 0 Å². The SMILES string of the molecule is COc1ccc(C(=O)C[C@]2(O)C(=O)Nc3cc(Cl)cc(Cl)c32)cc1OC. The lowest BCUT2D eigenvalue weighted by atomic mass is 9.88. The Morgan fingerprint density at radius 3 is 2.50 bits per heavy atom. The molecule has 0 unspecified atom stereocenters. The van der Waals surface area contributed by atoms with Gasteiger partial charge in [0.15, 0.2) is 22.9 Å². The predicted molar refractivity (Wildman–Crippen MR) is 97.5 cm³/mol. The number of benzene rings is 2. The summed E-state index contributed by atoms with van der Waals surface area (Å²) in [5.41, 5.74) is -1.39. The second-order valence-corrected chi connectivity index (χ2v) is 6.64. The third kappa shape index (κ3) is 3.00. The van der Waals surface area contributed by atoms with Crippen LogP contribution in [-0.2, 0) is 10.4 Å². The van der Waals surface area contributed by atoms with Gasteiger partial charge in [0.2, 0.25) is 0 Å². The van der Waals surface area contributed by atoms with Crippen LogP contribution in [0.3, 0.4) is 0 Å². The summed E-state index contributed by atoms with van der Waals surface area (Å²) in [5.74, 6) is -0.358. The van der Waals surface area contributed by atoms with Crippen LogP contribution in [0.1, 0.15) is 22.3 Å². The maximum absolute atomic E-state index is 12.7. The normalized spacial score (nSPS) is 18.3. The van der Waals surface area contributed by atoms with Gasteiger partial charge in [-0.1, -0.05) is 23.2 Å². The van der Waals surface area contributed by atoms with Gasteiger partial charge in [-0.2, -0.15) is 0 Å². The monoisotopic (exact) mass is 395 g/mol. The Hall–Kier alpha value is -2.28. The average molecular weight is 396 g/mol. The van der Waals surface area contributed by atoms with Gasteiger partial charge < -0.3 is 19.9 Å². The van der Waals surface area contributed by atoms with Crippen LogP contribution in [0.4, 0.5) is 5.69 Å². The first-order valence-electron chi connectivity index (χ1n) is 7.58. The van der Waals surface area contributed by atoms with Gasteiger partial charge in [0, 0.05) is 16.1 Å². The van der Waals surface area contributed by atoms with E-state index in [9.17, 15) is 14.7 Å². The zero-order valence-electron chi connectivity index (χ0n) is 13.9. The lowest BCUT2D eigenvalue weighted by molar-refractivity contribution is -0.133. The fourth-order valence-corrected chi connectivity index (χ4v) is 3.59. The van der Waals surface area contributed by atoms with Crippen molar-refractivity contribution in [1.29, 1.82) is 0 Å². The van der Waals surface area contributed by atoms with Gasteiger partial charge in [0.05, 0.1) is 31.4 Å². The third-order valence-electron chi connectivity index (χ3n) is 4.21. The molecule has 136 valence electrons. The Kier molecular flexibility index (Phi) is 4.84. The molecule has 0 aromatic heterocycles. The fourth-order valence-electron chi connectivity index (χ4n) is 2.94. The van der Waals surface area contributed by atoms with Crippen molar-refractivity contribution in [2.75, 3.05) is 19.5 Å². The maximum Gasteiger partial charge on any atom is 0.261 e. The summed E-state index contributed by atoms with van der Waals surface area (Å²) >= 11 is 12.1. The highest BCUT2D eigenvalue weighted by molar-refractivity contribution is 6.36. The van der Waals surface area contributed by atoms with Crippen molar-refractivity contribution in [3.05, 3.63) is 51.5 Å². The molecule has 0 aliphatic carbocycles. The molecule has 0 spiro atoms. The van der Waals surface area contributed by atoms with Gasteiger partial charge in [-0.05, 0) is 30.3 Å². The number of rotatable bonds is 5. The van der Waals surface area contributed by atoms with Gasteiger partial charge in [-0.25, -0.2) is 0 Å². The zero-order valence-corrected chi connectivity index (χ0v) is 15.4. The summed E-state index contributed by atoms with van der Waals surface area (Å²) in [5, 5.41) is 13.9. The van der Waals surface area contributed by atoms with Crippen molar-refractivity contribution in [2.45, 2.75) is 12.0 Å². The summed E-state index contributed by atoms with van der Waals surface area (Å²) in [6, 6.07) is 7.48. The van der Waals surface area contributed by atoms with E-state index in [-0.39, 0.29) is 21.8 Å². The van der Waals surface area contributed by atoms with E-state index in [0.29, 0.717) is 16.5 Å². The highest BCUT2D eigenvalue weighted by atomic mass is 35.5. The zero-order chi connectivity index (χ0) is 19.1. The van der Waals surface area contributed by atoms with Crippen LogP contribution in [-0.4, -0.2) is 31.0 Å². The lowest BCUT2D eigenvalue weighted by Gasteiger charge is -2.21. The first-order chi connectivity index (χ1) is 12.3. The van der Waals surface area contributed by atoms with Gasteiger partial charge in [0.1, 0.15) is 0 Å². The number of fused-ring (bicyclic) bond motifs is 1. The molecule has 0 saturated heterocycles. The van der Waals surface area contributed by atoms with Crippen molar-refractivity contribution >= 4 is 40.6 Å². The number of ether oxygens (including phenoxy) is 2. The summed E-state index contributed by atoms with van der Waals surface area (Å²) in [6.45, 7) is 0. The average Bonchev–Trinajstić information content (AvgIpc) is 2.84. The second-order valence-electron chi connectivity index (χ2n) is 5.79. The molecular formula is C18H15Cl2NO5. The molecule has 3 rings (SSSR count).